The van der Waals surface area contributed by atoms with Crippen LogP contribution >= 0.6 is 11.6 Å². The lowest BCUT2D eigenvalue weighted by Gasteiger charge is -2.46. The standard InChI is InChI=1S/C30H39ClF2N6O4/c1-5-42-23-16-22(25(31)26(43-6-2)24(23)20(4)40)19(3)39(15-11-10-14-21-12-8-7-9-13-21)28(41)34-29(17-30(32,33)18-29)27-35-37-38-36-27/h7-9,12-13,16,19-20,40H,5-6,10-11,14-15,17-18H2,1-4H3,(H,34,41)(H,35,36,37,38)/t19-,20?/m1/s1. The van der Waals surface area contributed by atoms with Gasteiger partial charge in [0, 0.05) is 24.9 Å². The van der Waals surface area contributed by atoms with E-state index in [1.54, 1.807) is 24.8 Å². The van der Waals surface area contributed by atoms with Crippen LogP contribution in [0.1, 0.15) is 88.0 Å². The lowest BCUT2D eigenvalue weighted by atomic mass is 9.72. The molecule has 0 aliphatic heterocycles. The summed E-state index contributed by atoms with van der Waals surface area (Å²) < 4.78 is 40.1. The number of nitrogens with one attached hydrogen (secondary N) is 2. The Morgan fingerprint density at radius 2 is 1.86 bits per heavy atom. The highest BCUT2D eigenvalue weighted by molar-refractivity contribution is 6.33. The number of carbonyl (C=O) groups is 1. The van der Waals surface area contributed by atoms with Crippen molar-refractivity contribution in [3.63, 3.8) is 0 Å². The van der Waals surface area contributed by atoms with Crippen LogP contribution in [0.25, 0.3) is 0 Å². The third kappa shape index (κ3) is 7.35. The van der Waals surface area contributed by atoms with Crippen LogP contribution in [0.15, 0.2) is 36.4 Å². The van der Waals surface area contributed by atoms with E-state index in [0.29, 0.717) is 36.4 Å². The minimum atomic E-state index is -2.97. The molecule has 1 saturated carbocycles. The minimum absolute atomic E-state index is 0.0000356. The number of aromatic amines is 1. The molecule has 234 valence electrons. The number of hydrogen-bond donors (Lipinski definition) is 3. The van der Waals surface area contributed by atoms with Crippen molar-refractivity contribution in [2.75, 3.05) is 19.8 Å². The van der Waals surface area contributed by atoms with Gasteiger partial charge in [-0.1, -0.05) is 47.1 Å². The van der Waals surface area contributed by atoms with E-state index in [4.69, 9.17) is 21.1 Å². The Labute approximate surface area is 255 Å². The van der Waals surface area contributed by atoms with E-state index in [1.165, 1.54) is 5.56 Å². The summed E-state index contributed by atoms with van der Waals surface area (Å²) in [5.74, 6) is -2.31. The first-order valence-electron chi connectivity index (χ1n) is 14.6. The molecule has 43 heavy (non-hydrogen) atoms. The maximum absolute atomic E-state index is 14.2. The van der Waals surface area contributed by atoms with Crippen molar-refractivity contribution in [2.24, 2.45) is 0 Å². The third-order valence-electron chi connectivity index (χ3n) is 7.63. The SMILES string of the molecule is CCOc1cc([C@@H](C)N(CCCCc2ccccc2)C(=O)NC2(c3nn[nH]n3)CC(F)(F)C2)c(Cl)c(OCC)c1C(C)O. The molecule has 10 nitrogen and oxygen atoms in total. The summed E-state index contributed by atoms with van der Waals surface area (Å²) in [5.41, 5.74) is 0.654. The number of rotatable bonds is 14. The van der Waals surface area contributed by atoms with Gasteiger partial charge < -0.3 is 24.8 Å². The number of unbranched alkanes of at least 4 members (excludes halogenated alkanes) is 1. The highest BCUT2D eigenvalue weighted by Gasteiger charge is 2.61. The van der Waals surface area contributed by atoms with Crippen molar-refractivity contribution >= 4 is 17.6 Å². The van der Waals surface area contributed by atoms with Gasteiger partial charge in [0.1, 0.15) is 17.0 Å². The van der Waals surface area contributed by atoms with Crippen molar-refractivity contribution in [1.29, 1.82) is 0 Å². The van der Waals surface area contributed by atoms with Gasteiger partial charge in [-0.15, -0.1) is 10.2 Å². The Morgan fingerprint density at radius 1 is 1.16 bits per heavy atom. The molecule has 0 bridgehead atoms. The zero-order chi connectivity index (χ0) is 31.2. The number of aliphatic hydroxyl groups is 1. The van der Waals surface area contributed by atoms with Crippen molar-refractivity contribution in [3.8, 4) is 11.5 Å². The van der Waals surface area contributed by atoms with E-state index < -0.39 is 42.5 Å². The molecule has 1 aromatic heterocycles. The molecule has 3 aromatic rings. The van der Waals surface area contributed by atoms with Crippen molar-refractivity contribution in [1.82, 2.24) is 30.8 Å². The van der Waals surface area contributed by atoms with Gasteiger partial charge in [0.15, 0.2) is 5.82 Å². The lowest BCUT2D eigenvalue weighted by molar-refractivity contribution is -0.137. The van der Waals surface area contributed by atoms with Gasteiger partial charge in [-0.05, 0) is 58.6 Å². The zero-order valence-electron chi connectivity index (χ0n) is 24.9. The fourth-order valence-corrected chi connectivity index (χ4v) is 5.94. The maximum Gasteiger partial charge on any atom is 0.318 e. The number of nitrogens with zero attached hydrogens (tertiary/aromatic N) is 4. The lowest BCUT2D eigenvalue weighted by Crippen LogP contribution is -2.62. The van der Waals surface area contributed by atoms with Crippen molar-refractivity contribution in [2.45, 2.75) is 83.4 Å². The first-order valence-corrected chi connectivity index (χ1v) is 14.9. The molecule has 1 heterocycles. The van der Waals surface area contributed by atoms with E-state index in [9.17, 15) is 18.7 Å². The first-order chi connectivity index (χ1) is 20.5. The second-order valence-corrected chi connectivity index (χ2v) is 11.2. The van der Waals surface area contributed by atoms with E-state index >= 15 is 0 Å². The van der Waals surface area contributed by atoms with Gasteiger partial charge in [-0.3, -0.25) is 0 Å². The molecule has 2 atom stereocenters. The highest BCUT2D eigenvalue weighted by atomic mass is 35.5. The van der Waals surface area contributed by atoms with Gasteiger partial charge in [0.2, 0.25) is 0 Å². The fourth-order valence-electron chi connectivity index (χ4n) is 5.57. The predicted octanol–water partition coefficient (Wildman–Crippen LogP) is 6.12. The normalized spacial score (nSPS) is 16.6. The summed E-state index contributed by atoms with van der Waals surface area (Å²) in [6.45, 7) is 7.94. The number of aromatic nitrogens is 4. The number of amides is 2. The number of H-pyrrole nitrogens is 1. The Bertz CT molecular complexity index is 1350. The average Bonchev–Trinajstić information content (AvgIpc) is 3.49. The monoisotopic (exact) mass is 620 g/mol. The summed E-state index contributed by atoms with van der Waals surface area (Å²) >= 11 is 6.90. The molecule has 0 radical (unpaired) electrons. The molecule has 3 N–H and O–H groups in total. The van der Waals surface area contributed by atoms with Crippen molar-refractivity contribution < 1.29 is 28.2 Å². The molecule has 2 amide bonds. The number of ether oxygens (including phenoxy) is 2. The van der Waals surface area contributed by atoms with Crippen LogP contribution in [0.5, 0.6) is 11.5 Å². The maximum atomic E-state index is 14.2. The van der Waals surface area contributed by atoms with Gasteiger partial charge in [0.05, 0.1) is 35.9 Å². The summed E-state index contributed by atoms with van der Waals surface area (Å²) in [7, 11) is 0. The number of aryl methyl sites for hydroxylation is 1. The number of halogens is 3. The van der Waals surface area contributed by atoms with Gasteiger partial charge in [-0.2, -0.15) is 5.21 Å². The van der Waals surface area contributed by atoms with Crippen LogP contribution in [-0.4, -0.2) is 62.3 Å². The number of urea groups is 1. The van der Waals surface area contributed by atoms with Gasteiger partial charge in [0.25, 0.3) is 5.92 Å². The molecule has 1 aliphatic rings. The van der Waals surface area contributed by atoms with Crippen LogP contribution in [0.2, 0.25) is 5.02 Å². The largest absolute Gasteiger partial charge is 0.493 e. The second kappa shape index (κ2) is 13.9. The Morgan fingerprint density at radius 3 is 2.44 bits per heavy atom. The van der Waals surface area contributed by atoms with E-state index in [-0.39, 0.29) is 23.2 Å². The summed E-state index contributed by atoms with van der Waals surface area (Å²) in [6.07, 6.45) is 0.0203. The average molecular weight is 621 g/mol. The number of tetrazole rings is 1. The van der Waals surface area contributed by atoms with Gasteiger partial charge in [-0.25, -0.2) is 13.6 Å². The van der Waals surface area contributed by atoms with Crippen LogP contribution in [0.4, 0.5) is 13.6 Å². The molecular weight excluding hydrogens is 582 g/mol. The van der Waals surface area contributed by atoms with Crippen LogP contribution in [-0.2, 0) is 12.0 Å². The zero-order valence-corrected chi connectivity index (χ0v) is 25.6. The molecule has 1 fully saturated rings. The van der Waals surface area contributed by atoms with Crippen LogP contribution in [0, 0.1) is 0 Å². The summed E-state index contributed by atoms with van der Waals surface area (Å²) in [4.78, 5) is 15.6. The smallest absolute Gasteiger partial charge is 0.318 e. The van der Waals surface area contributed by atoms with Gasteiger partial charge >= 0.3 is 6.03 Å². The van der Waals surface area contributed by atoms with E-state index in [1.807, 2.05) is 44.2 Å². The second-order valence-electron chi connectivity index (χ2n) is 10.8. The van der Waals surface area contributed by atoms with Crippen LogP contribution < -0.4 is 14.8 Å². The molecule has 13 heteroatoms. The van der Waals surface area contributed by atoms with E-state index in [0.717, 1.165) is 12.8 Å². The molecule has 2 aromatic carbocycles. The Kier molecular flexibility index (Phi) is 10.4. The molecule has 1 aliphatic carbocycles. The quantitative estimate of drug-likeness (QED) is 0.185. The molecular formula is C30H39ClF2N6O4. The number of hydrogen-bond acceptors (Lipinski definition) is 7. The third-order valence-corrected chi connectivity index (χ3v) is 8.02. The van der Waals surface area contributed by atoms with Crippen LogP contribution in [0.3, 0.4) is 0 Å². The molecule has 4 rings (SSSR count). The molecule has 0 saturated heterocycles. The number of benzene rings is 2. The summed E-state index contributed by atoms with van der Waals surface area (Å²) in [6, 6.07) is 10.5. The molecule has 1 unspecified atom stereocenters. The first kappa shape index (κ1) is 32.4. The topological polar surface area (TPSA) is 125 Å². The van der Waals surface area contributed by atoms with Crippen molar-refractivity contribution in [3.05, 3.63) is 63.9 Å². The number of carbonyl (C=O) groups excluding carboxylic acids is 1. The predicted molar refractivity (Wildman–Crippen MR) is 157 cm³/mol. The number of aliphatic hydroxyl groups excluding tert-OH is 1. The molecule has 0 spiro atoms. The van der Waals surface area contributed by atoms with E-state index in [2.05, 4.69) is 25.9 Å². The highest BCUT2D eigenvalue weighted by Crippen LogP contribution is 2.51. The fraction of sp³-hybridized carbons (Fsp3) is 0.533. The minimum Gasteiger partial charge on any atom is -0.493 e. The summed E-state index contributed by atoms with van der Waals surface area (Å²) in [5, 5.41) is 27.2. The Balaban J connectivity index is 1.67. The number of alkyl halides is 2. The Hall–Kier alpha value is -3.51.